The normalized spacial score (nSPS) is 36.3. The van der Waals surface area contributed by atoms with Crippen molar-refractivity contribution in [2.75, 3.05) is 12.0 Å². The number of benzene rings is 1. The van der Waals surface area contributed by atoms with Crippen LogP contribution in [-0.4, -0.2) is 18.9 Å². The Morgan fingerprint density at radius 3 is 2.00 bits per heavy atom. The summed E-state index contributed by atoms with van der Waals surface area (Å²) < 4.78 is 5.14. The summed E-state index contributed by atoms with van der Waals surface area (Å²) in [5, 5.41) is 0. The van der Waals surface area contributed by atoms with Crippen LogP contribution in [0.1, 0.15) is 12.8 Å². The van der Waals surface area contributed by atoms with Gasteiger partial charge in [-0.2, -0.15) is 0 Å². The molecule has 4 atom stereocenters. The van der Waals surface area contributed by atoms with Crippen molar-refractivity contribution in [3.63, 3.8) is 0 Å². The number of amides is 2. The van der Waals surface area contributed by atoms with E-state index in [1.165, 1.54) is 17.7 Å². The van der Waals surface area contributed by atoms with Crippen molar-refractivity contribution in [2.24, 2.45) is 29.1 Å². The minimum absolute atomic E-state index is 0.0108. The number of allylic oxidation sites excluding steroid dienone is 2. The molecule has 1 saturated heterocycles. The predicted octanol–water partition coefficient (Wildman–Crippen LogP) is 2.40. The third-order valence-electron chi connectivity index (χ3n) is 6.18. The minimum Gasteiger partial charge on any atom is -0.497 e. The first-order valence-electron chi connectivity index (χ1n) is 7.87. The number of ether oxygens (including phenoxy) is 1. The fourth-order valence-electron chi connectivity index (χ4n) is 5.06. The van der Waals surface area contributed by atoms with Gasteiger partial charge in [-0.25, -0.2) is 0 Å². The van der Waals surface area contributed by atoms with Crippen molar-refractivity contribution in [2.45, 2.75) is 12.8 Å². The molecule has 1 aliphatic heterocycles. The number of fused-ring (bicyclic) bond motifs is 3. The maximum atomic E-state index is 12.9. The second-order valence-electron chi connectivity index (χ2n) is 6.93. The highest BCUT2D eigenvalue weighted by atomic mass is 16.5. The molecule has 0 unspecified atom stereocenters. The Labute approximate surface area is 128 Å². The molecule has 1 spiro atoms. The van der Waals surface area contributed by atoms with Gasteiger partial charge in [0.05, 0.1) is 24.6 Å². The van der Waals surface area contributed by atoms with Crippen molar-refractivity contribution in [1.82, 2.24) is 0 Å². The number of carbonyl (C=O) groups is 2. The molecule has 5 rings (SSSR count). The SMILES string of the molecule is COc1ccc(N2C(=O)[C@@H]3[C@H](C2=O)[C@@H]2C=C[C@@H]3C23CC3)cc1. The standard InChI is InChI=1S/C18H17NO3/c1-22-11-4-2-10(3-5-11)19-16(20)14-12-6-7-13(15(14)17(19)21)18(12)8-9-18/h2-7,12-15H,8-9H2,1H3/t12-,13-,14-,15+/m0/s1. The van der Waals surface area contributed by atoms with Crippen molar-refractivity contribution in [3.8, 4) is 5.75 Å². The molecule has 1 aromatic carbocycles. The van der Waals surface area contributed by atoms with Gasteiger partial charge in [-0.15, -0.1) is 0 Å². The maximum Gasteiger partial charge on any atom is 0.238 e. The van der Waals surface area contributed by atoms with E-state index in [-0.39, 0.29) is 40.9 Å². The Morgan fingerprint density at radius 1 is 1.00 bits per heavy atom. The van der Waals surface area contributed by atoms with Crippen molar-refractivity contribution < 1.29 is 14.3 Å². The maximum absolute atomic E-state index is 12.9. The fourth-order valence-corrected chi connectivity index (χ4v) is 5.06. The van der Waals surface area contributed by atoms with Gasteiger partial charge in [0.2, 0.25) is 11.8 Å². The van der Waals surface area contributed by atoms with E-state index in [9.17, 15) is 9.59 Å². The van der Waals surface area contributed by atoms with E-state index < -0.39 is 0 Å². The van der Waals surface area contributed by atoms with Crippen LogP contribution >= 0.6 is 0 Å². The summed E-state index contributed by atoms with van der Waals surface area (Å²) in [5.74, 6) is 0.997. The Morgan fingerprint density at radius 2 is 1.55 bits per heavy atom. The third kappa shape index (κ3) is 1.25. The second kappa shape index (κ2) is 3.80. The largest absolute Gasteiger partial charge is 0.497 e. The lowest BCUT2D eigenvalue weighted by molar-refractivity contribution is -0.123. The monoisotopic (exact) mass is 295 g/mol. The smallest absolute Gasteiger partial charge is 0.238 e. The van der Waals surface area contributed by atoms with E-state index in [4.69, 9.17) is 4.74 Å². The molecule has 0 radical (unpaired) electrons. The van der Waals surface area contributed by atoms with Gasteiger partial charge in [-0.3, -0.25) is 14.5 Å². The highest BCUT2D eigenvalue weighted by molar-refractivity contribution is 6.23. The molecule has 4 aliphatic rings. The summed E-state index contributed by atoms with van der Waals surface area (Å²) in [6.07, 6.45) is 6.74. The molecule has 3 aliphatic carbocycles. The average Bonchev–Trinajstić information content (AvgIpc) is 3.13. The number of nitrogens with zero attached hydrogens (tertiary/aromatic N) is 1. The lowest BCUT2D eigenvalue weighted by Gasteiger charge is -2.21. The predicted molar refractivity (Wildman–Crippen MR) is 80.3 cm³/mol. The van der Waals surface area contributed by atoms with Crippen LogP contribution in [0.25, 0.3) is 0 Å². The first-order valence-corrected chi connectivity index (χ1v) is 7.87. The molecule has 2 bridgehead atoms. The van der Waals surface area contributed by atoms with Gasteiger partial charge in [0.25, 0.3) is 0 Å². The van der Waals surface area contributed by atoms with Gasteiger partial charge >= 0.3 is 0 Å². The summed E-state index contributed by atoms with van der Waals surface area (Å²) in [6.45, 7) is 0. The zero-order valence-corrected chi connectivity index (χ0v) is 12.4. The van der Waals surface area contributed by atoms with Crippen LogP contribution in [0.15, 0.2) is 36.4 Å². The second-order valence-corrected chi connectivity index (χ2v) is 6.93. The van der Waals surface area contributed by atoms with Crippen LogP contribution in [0.2, 0.25) is 0 Å². The van der Waals surface area contributed by atoms with Crippen molar-refractivity contribution >= 4 is 17.5 Å². The Kier molecular flexibility index (Phi) is 2.15. The zero-order valence-electron chi connectivity index (χ0n) is 12.4. The molecule has 0 aromatic heterocycles. The van der Waals surface area contributed by atoms with Gasteiger partial charge in [-0.05, 0) is 54.4 Å². The van der Waals surface area contributed by atoms with Crippen LogP contribution < -0.4 is 9.64 Å². The van der Waals surface area contributed by atoms with Crippen LogP contribution in [0.4, 0.5) is 5.69 Å². The summed E-state index contributed by atoms with van der Waals surface area (Å²) in [6, 6.07) is 7.16. The number of imide groups is 1. The molecule has 1 heterocycles. The lowest BCUT2D eigenvalue weighted by Crippen LogP contribution is -2.34. The fraction of sp³-hybridized carbons (Fsp3) is 0.444. The zero-order chi connectivity index (χ0) is 15.1. The molecule has 4 heteroatoms. The Bertz CT molecular complexity index is 682. The van der Waals surface area contributed by atoms with Crippen molar-refractivity contribution in [1.29, 1.82) is 0 Å². The molecular formula is C18H17NO3. The summed E-state index contributed by atoms with van der Waals surface area (Å²) in [5.41, 5.74) is 0.918. The Balaban J connectivity index is 1.53. The summed E-state index contributed by atoms with van der Waals surface area (Å²) >= 11 is 0. The van der Waals surface area contributed by atoms with Gasteiger partial charge in [-0.1, -0.05) is 12.2 Å². The third-order valence-corrected chi connectivity index (χ3v) is 6.18. The molecular weight excluding hydrogens is 278 g/mol. The molecule has 2 saturated carbocycles. The van der Waals surface area contributed by atoms with E-state index in [0.29, 0.717) is 5.69 Å². The molecule has 4 nitrogen and oxygen atoms in total. The van der Waals surface area contributed by atoms with Gasteiger partial charge in [0, 0.05) is 0 Å². The first-order chi connectivity index (χ1) is 10.7. The molecule has 3 fully saturated rings. The topological polar surface area (TPSA) is 46.6 Å². The summed E-state index contributed by atoms with van der Waals surface area (Å²) in [4.78, 5) is 27.2. The number of rotatable bonds is 2. The van der Waals surface area contributed by atoms with Gasteiger partial charge < -0.3 is 4.74 Å². The minimum atomic E-state index is -0.132. The van der Waals surface area contributed by atoms with E-state index in [1.807, 2.05) is 0 Å². The molecule has 1 aromatic rings. The van der Waals surface area contributed by atoms with Crippen LogP contribution in [0.3, 0.4) is 0 Å². The number of anilines is 1. The molecule has 112 valence electrons. The number of carbonyl (C=O) groups excluding carboxylic acids is 2. The Hall–Kier alpha value is -2.10. The van der Waals surface area contributed by atoms with Crippen molar-refractivity contribution in [3.05, 3.63) is 36.4 Å². The quantitative estimate of drug-likeness (QED) is 0.622. The van der Waals surface area contributed by atoms with E-state index >= 15 is 0 Å². The number of methoxy groups -OCH3 is 1. The first kappa shape index (κ1) is 12.4. The van der Waals surface area contributed by atoms with Gasteiger partial charge in [0.15, 0.2) is 0 Å². The molecule has 2 amide bonds. The highest BCUT2D eigenvalue weighted by Gasteiger charge is 2.73. The average molecular weight is 295 g/mol. The van der Waals surface area contributed by atoms with E-state index in [0.717, 1.165) is 5.75 Å². The van der Waals surface area contributed by atoms with Crippen LogP contribution in [-0.2, 0) is 9.59 Å². The highest BCUT2D eigenvalue weighted by Crippen LogP contribution is 2.73. The number of hydrogen-bond acceptors (Lipinski definition) is 3. The lowest BCUT2D eigenvalue weighted by atomic mass is 9.85. The van der Waals surface area contributed by atoms with Crippen LogP contribution in [0, 0.1) is 29.1 Å². The van der Waals surface area contributed by atoms with E-state index in [2.05, 4.69) is 12.2 Å². The van der Waals surface area contributed by atoms with E-state index in [1.54, 1.807) is 31.4 Å². The molecule has 0 N–H and O–H groups in total. The summed E-state index contributed by atoms with van der Waals surface area (Å²) in [7, 11) is 1.60. The number of hydrogen-bond donors (Lipinski definition) is 0. The van der Waals surface area contributed by atoms with Gasteiger partial charge in [0.1, 0.15) is 5.75 Å². The van der Waals surface area contributed by atoms with Crippen LogP contribution in [0.5, 0.6) is 5.75 Å². The molecule has 22 heavy (non-hydrogen) atoms.